The van der Waals surface area contributed by atoms with Crippen LogP contribution in [0.1, 0.15) is 69.7 Å². The number of rotatable bonds is 11. The molecule has 2 aromatic rings. The lowest BCUT2D eigenvalue weighted by atomic mass is 9.87. The molecule has 0 aromatic carbocycles. The summed E-state index contributed by atoms with van der Waals surface area (Å²) in [5, 5.41) is 16.4. The SMILES string of the molecule is CCCCCCOC(=O)NCc1c(-c2ccc(O[C@H]3CCCC(C(=O)O)C3)c(C)n2)cnn1C. The molecule has 9 nitrogen and oxygen atoms in total. The third-order valence-corrected chi connectivity index (χ3v) is 6.28. The normalized spacial score (nSPS) is 17.9. The number of carboxylic acids is 1. The second-order valence-electron chi connectivity index (χ2n) is 8.90. The van der Waals surface area contributed by atoms with Crippen molar-refractivity contribution in [3.63, 3.8) is 0 Å². The third kappa shape index (κ3) is 6.95. The molecule has 0 aliphatic heterocycles. The van der Waals surface area contributed by atoms with Crippen LogP contribution in [0.2, 0.25) is 0 Å². The van der Waals surface area contributed by atoms with E-state index < -0.39 is 12.1 Å². The minimum atomic E-state index is -0.753. The first kappa shape index (κ1) is 25.5. The fourth-order valence-corrected chi connectivity index (χ4v) is 4.27. The maximum absolute atomic E-state index is 12.1. The molecule has 9 heteroatoms. The van der Waals surface area contributed by atoms with Crippen molar-refractivity contribution in [2.75, 3.05) is 6.61 Å². The van der Waals surface area contributed by atoms with Gasteiger partial charge in [0.05, 0.1) is 48.5 Å². The lowest BCUT2D eigenvalue weighted by molar-refractivity contribution is -0.143. The molecule has 1 saturated carbocycles. The van der Waals surface area contributed by atoms with Crippen molar-refractivity contribution in [1.82, 2.24) is 20.1 Å². The Hall–Kier alpha value is -3.10. The van der Waals surface area contributed by atoms with Crippen LogP contribution >= 0.6 is 0 Å². The van der Waals surface area contributed by atoms with Gasteiger partial charge < -0.3 is 19.9 Å². The van der Waals surface area contributed by atoms with Crippen molar-refractivity contribution in [1.29, 1.82) is 0 Å². The number of nitrogens with zero attached hydrogens (tertiary/aromatic N) is 3. The van der Waals surface area contributed by atoms with Gasteiger partial charge in [-0.2, -0.15) is 5.10 Å². The maximum atomic E-state index is 12.1. The predicted octanol–water partition coefficient (Wildman–Crippen LogP) is 4.62. The van der Waals surface area contributed by atoms with Gasteiger partial charge in [-0.05, 0) is 51.2 Å². The fourth-order valence-electron chi connectivity index (χ4n) is 4.27. The summed E-state index contributed by atoms with van der Waals surface area (Å²) in [6.07, 6.45) is 8.29. The number of pyridine rings is 1. The summed E-state index contributed by atoms with van der Waals surface area (Å²) in [7, 11) is 1.82. The first-order valence-electron chi connectivity index (χ1n) is 12.2. The summed E-state index contributed by atoms with van der Waals surface area (Å²) in [6.45, 7) is 4.71. The highest BCUT2D eigenvalue weighted by Gasteiger charge is 2.28. The van der Waals surface area contributed by atoms with Gasteiger partial charge in [0.25, 0.3) is 0 Å². The van der Waals surface area contributed by atoms with Crippen LogP contribution in [0.3, 0.4) is 0 Å². The molecular formula is C25H36N4O5. The van der Waals surface area contributed by atoms with Crippen molar-refractivity contribution in [3.8, 4) is 17.0 Å². The van der Waals surface area contributed by atoms with Crippen molar-refractivity contribution < 1.29 is 24.2 Å². The van der Waals surface area contributed by atoms with E-state index in [4.69, 9.17) is 14.5 Å². The molecule has 2 heterocycles. The number of ether oxygens (including phenoxy) is 2. The summed E-state index contributed by atoms with van der Waals surface area (Å²) < 4.78 is 13.1. The summed E-state index contributed by atoms with van der Waals surface area (Å²) in [6, 6.07) is 3.74. The van der Waals surface area contributed by atoms with Crippen LogP contribution in [0.4, 0.5) is 4.79 Å². The van der Waals surface area contributed by atoms with Gasteiger partial charge in [-0.1, -0.05) is 26.2 Å². The average Bonchev–Trinajstić information content (AvgIpc) is 3.19. The second-order valence-corrected chi connectivity index (χ2v) is 8.90. The number of nitrogens with one attached hydrogen (secondary N) is 1. The van der Waals surface area contributed by atoms with E-state index in [0.29, 0.717) is 25.2 Å². The zero-order chi connectivity index (χ0) is 24.5. The fraction of sp³-hybridized carbons (Fsp3) is 0.600. The van der Waals surface area contributed by atoms with Gasteiger partial charge in [0.15, 0.2) is 0 Å². The number of unbranched alkanes of at least 4 members (excludes halogenated alkanes) is 3. The van der Waals surface area contributed by atoms with Gasteiger partial charge in [-0.25, -0.2) is 9.78 Å². The van der Waals surface area contributed by atoms with Crippen molar-refractivity contribution in [2.45, 2.75) is 77.9 Å². The predicted molar refractivity (Wildman–Crippen MR) is 128 cm³/mol. The average molecular weight is 473 g/mol. The molecule has 1 fully saturated rings. The molecule has 1 aliphatic rings. The largest absolute Gasteiger partial charge is 0.489 e. The molecule has 2 aromatic heterocycles. The zero-order valence-corrected chi connectivity index (χ0v) is 20.4. The quantitative estimate of drug-likeness (QED) is 0.459. The summed E-state index contributed by atoms with van der Waals surface area (Å²) in [4.78, 5) is 28.1. The number of hydrogen-bond donors (Lipinski definition) is 2. The first-order chi connectivity index (χ1) is 16.4. The Morgan fingerprint density at radius 3 is 2.79 bits per heavy atom. The van der Waals surface area contributed by atoms with E-state index in [1.807, 2.05) is 26.1 Å². The molecule has 0 spiro atoms. The number of carbonyl (C=O) groups excluding carboxylic acids is 1. The van der Waals surface area contributed by atoms with Crippen LogP contribution in [0.25, 0.3) is 11.3 Å². The molecule has 2 atom stereocenters. The lowest BCUT2D eigenvalue weighted by Gasteiger charge is -2.27. The van der Waals surface area contributed by atoms with Gasteiger partial charge in [-0.15, -0.1) is 0 Å². The Balaban J connectivity index is 1.60. The molecule has 0 bridgehead atoms. The molecule has 1 unspecified atom stereocenters. The molecule has 1 amide bonds. The maximum Gasteiger partial charge on any atom is 0.407 e. The van der Waals surface area contributed by atoms with E-state index in [-0.39, 0.29) is 18.6 Å². The van der Waals surface area contributed by atoms with E-state index >= 15 is 0 Å². The molecule has 0 saturated heterocycles. The molecule has 0 radical (unpaired) electrons. The van der Waals surface area contributed by atoms with E-state index in [1.54, 1.807) is 10.9 Å². The number of aliphatic carboxylic acids is 1. The summed E-state index contributed by atoms with van der Waals surface area (Å²) in [5.41, 5.74) is 3.10. The highest BCUT2D eigenvalue weighted by molar-refractivity contribution is 5.70. The monoisotopic (exact) mass is 472 g/mol. The Morgan fingerprint density at radius 1 is 1.24 bits per heavy atom. The molecule has 186 valence electrons. The summed E-state index contributed by atoms with van der Waals surface area (Å²) in [5.74, 6) is -0.439. The number of aromatic nitrogens is 3. The Bertz CT molecular complexity index is 974. The smallest absolute Gasteiger partial charge is 0.407 e. The Morgan fingerprint density at radius 2 is 2.06 bits per heavy atom. The highest BCUT2D eigenvalue weighted by atomic mass is 16.5. The molecule has 3 rings (SSSR count). The lowest BCUT2D eigenvalue weighted by Crippen LogP contribution is -2.29. The van der Waals surface area contributed by atoms with E-state index in [0.717, 1.165) is 61.2 Å². The second kappa shape index (κ2) is 12.4. The van der Waals surface area contributed by atoms with Crippen molar-refractivity contribution in [2.24, 2.45) is 13.0 Å². The van der Waals surface area contributed by atoms with Gasteiger partial charge in [0, 0.05) is 12.6 Å². The Labute approximate surface area is 200 Å². The zero-order valence-electron chi connectivity index (χ0n) is 20.4. The minimum Gasteiger partial charge on any atom is -0.489 e. The van der Waals surface area contributed by atoms with Crippen molar-refractivity contribution >= 4 is 12.1 Å². The standard InChI is InChI=1S/C25H36N4O5/c1-4-5-6-7-13-33-25(32)26-16-22-20(15-27-29(22)3)21-11-12-23(17(2)28-21)34-19-10-8-9-18(14-19)24(30)31/h11-12,15,18-19H,4-10,13-14,16H2,1-3H3,(H,26,32)(H,30,31)/t18?,19-/m0/s1. The van der Waals surface area contributed by atoms with Crippen LogP contribution in [0.15, 0.2) is 18.3 Å². The van der Waals surface area contributed by atoms with E-state index in [9.17, 15) is 14.7 Å². The van der Waals surface area contributed by atoms with Crippen LogP contribution in [0, 0.1) is 12.8 Å². The van der Waals surface area contributed by atoms with Gasteiger partial charge in [0.2, 0.25) is 0 Å². The number of carboxylic acid groups (broad SMARTS) is 1. The topological polar surface area (TPSA) is 116 Å². The van der Waals surface area contributed by atoms with Crippen molar-refractivity contribution in [3.05, 3.63) is 29.7 Å². The molecule has 34 heavy (non-hydrogen) atoms. The number of hydrogen-bond acceptors (Lipinski definition) is 6. The van der Waals surface area contributed by atoms with Crippen LogP contribution in [-0.4, -0.2) is 44.6 Å². The van der Waals surface area contributed by atoms with Crippen LogP contribution in [-0.2, 0) is 23.1 Å². The minimum absolute atomic E-state index is 0.118. The molecular weight excluding hydrogens is 436 g/mol. The first-order valence-corrected chi connectivity index (χ1v) is 12.2. The van der Waals surface area contributed by atoms with E-state index in [1.165, 1.54) is 0 Å². The highest BCUT2D eigenvalue weighted by Crippen LogP contribution is 2.31. The van der Waals surface area contributed by atoms with Crippen LogP contribution < -0.4 is 10.1 Å². The molecule has 1 aliphatic carbocycles. The van der Waals surface area contributed by atoms with Crippen LogP contribution in [0.5, 0.6) is 5.75 Å². The third-order valence-electron chi connectivity index (χ3n) is 6.28. The van der Waals surface area contributed by atoms with Gasteiger partial charge >= 0.3 is 12.1 Å². The van der Waals surface area contributed by atoms with E-state index in [2.05, 4.69) is 17.3 Å². The molecule has 2 N–H and O–H groups in total. The van der Waals surface area contributed by atoms with Gasteiger partial charge in [0.1, 0.15) is 5.75 Å². The number of carbonyl (C=O) groups is 2. The van der Waals surface area contributed by atoms with Gasteiger partial charge in [-0.3, -0.25) is 9.48 Å². The summed E-state index contributed by atoms with van der Waals surface area (Å²) >= 11 is 0. The number of alkyl carbamates (subject to hydrolysis) is 1. The number of amides is 1. The number of aryl methyl sites for hydroxylation is 2. The Kier molecular flexibility index (Phi) is 9.30.